The molecule has 0 radical (unpaired) electrons. The normalized spacial score (nSPS) is 10.5. The van der Waals surface area contributed by atoms with Gasteiger partial charge in [0, 0.05) is 5.33 Å². The number of benzene rings is 1. The number of nitrogens with two attached hydrogens (primary N) is 1. The topological polar surface area (TPSA) is 50.4 Å². The van der Waals surface area contributed by atoms with E-state index in [-0.39, 0.29) is 10.9 Å². The quantitative estimate of drug-likeness (QED) is 0.387. The molecule has 80 valence electrons. The molecule has 0 atom stereocenters. The van der Waals surface area contributed by atoms with Crippen molar-refractivity contribution in [2.45, 2.75) is 5.33 Å². The molecule has 3 nitrogen and oxygen atoms in total. The number of nitrogens with zero attached hydrogens (tertiary/aromatic N) is 1. The molecule has 6 heteroatoms. The SMILES string of the molecule is NC(=S)NN=Cc1cc(F)cc(CBr)c1. The Kier molecular flexibility index (Phi) is 4.64. The highest BCUT2D eigenvalue weighted by molar-refractivity contribution is 9.08. The molecule has 0 saturated carbocycles. The van der Waals surface area contributed by atoms with Crippen molar-refractivity contribution in [3.63, 3.8) is 0 Å². The Balaban J connectivity index is 2.80. The summed E-state index contributed by atoms with van der Waals surface area (Å²) in [5.74, 6) is -0.302. The number of hydrogen-bond donors (Lipinski definition) is 2. The maximum Gasteiger partial charge on any atom is 0.184 e. The highest BCUT2D eigenvalue weighted by Crippen LogP contribution is 2.10. The van der Waals surface area contributed by atoms with Crippen LogP contribution in [0.25, 0.3) is 0 Å². The van der Waals surface area contributed by atoms with Crippen LogP contribution in [0.4, 0.5) is 4.39 Å². The van der Waals surface area contributed by atoms with E-state index >= 15 is 0 Å². The van der Waals surface area contributed by atoms with Crippen LogP contribution in [0.3, 0.4) is 0 Å². The summed E-state index contributed by atoms with van der Waals surface area (Å²) in [5.41, 5.74) is 9.05. The molecule has 0 unspecified atom stereocenters. The average molecular weight is 290 g/mol. The van der Waals surface area contributed by atoms with Gasteiger partial charge in [0.2, 0.25) is 0 Å². The summed E-state index contributed by atoms with van der Waals surface area (Å²) in [7, 11) is 0. The molecule has 0 aliphatic carbocycles. The third kappa shape index (κ3) is 4.35. The van der Waals surface area contributed by atoms with E-state index in [9.17, 15) is 4.39 Å². The van der Waals surface area contributed by atoms with Gasteiger partial charge in [-0.15, -0.1) is 0 Å². The van der Waals surface area contributed by atoms with Crippen molar-refractivity contribution in [1.29, 1.82) is 0 Å². The summed E-state index contributed by atoms with van der Waals surface area (Å²) in [6.45, 7) is 0. The zero-order chi connectivity index (χ0) is 11.3. The van der Waals surface area contributed by atoms with Gasteiger partial charge in [0.05, 0.1) is 6.21 Å². The van der Waals surface area contributed by atoms with E-state index in [0.717, 1.165) is 5.56 Å². The monoisotopic (exact) mass is 289 g/mol. The fraction of sp³-hybridized carbons (Fsp3) is 0.111. The van der Waals surface area contributed by atoms with Crippen molar-refractivity contribution >= 4 is 39.5 Å². The summed E-state index contributed by atoms with van der Waals surface area (Å²) >= 11 is 7.81. The van der Waals surface area contributed by atoms with Crippen molar-refractivity contribution in [2.24, 2.45) is 10.8 Å². The van der Waals surface area contributed by atoms with Crippen LogP contribution >= 0.6 is 28.1 Å². The van der Waals surface area contributed by atoms with Gasteiger partial charge < -0.3 is 5.73 Å². The first-order chi connectivity index (χ1) is 7.11. The molecule has 15 heavy (non-hydrogen) atoms. The zero-order valence-electron chi connectivity index (χ0n) is 7.71. The van der Waals surface area contributed by atoms with E-state index in [4.69, 9.17) is 5.73 Å². The Bertz CT molecular complexity index is 395. The predicted molar refractivity (Wildman–Crippen MR) is 66.5 cm³/mol. The van der Waals surface area contributed by atoms with E-state index in [1.165, 1.54) is 18.3 Å². The average Bonchev–Trinajstić information content (AvgIpc) is 2.16. The standard InChI is InChI=1S/C9H9BrFN3S/c10-4-6-1-7(3-8(11)2-6)5-13-14-9(12)15/h1-3,5H,4H2,(H3,12,14,15). The number of nitrogens with one attached hydrogen (secondary N) is 1. The Labute approximate surface area is 101 Å². The van der Waals surface area contributed by atoms with Crippen LogP contribution in [-0.2, 0) is 5.33 Å². The molecule has 0 fully saturated rings. The number of thiocarbonyl (C=S) groups is 1. The number of halogens is 2. The fourth-order valence-electron chi connectivity index (χ4n) is 0.998. The molecule has 0 aliphatic rings. The summed E-state index contributed by atoms with van der Waals surface area (Å²) in [4.78, 5) is 0. The number of alkyl halides is 1. The van der Waals surface area contributed by atoms with Crippen LogP contribution in [0.15, 0.2) is 23.3 Å². The van der Waals surface area contributed by atoms with Gasteiger partial charge in [-0.1, -0.05) is 15.9 Å². The van der Waals surface area contributed by atoms with Crippen LogP contribution in [0.1, 0.15) is 11.1 Å². The van der Waals surface area contributed by atoms with Gasteiger partial charge in [0.1, 0.15) is 5.82 Å². The van der Waals surface area contributed by atoms with Gasteiger partial charge in [-0.05, 0) is 41.5 Å². The number of hydrazone groups is 1. The van der Waals surface area contributed by atoms with Crippen LogP contribution in [0.5, 0.6) is 0 Å². The van der Waals surface area contributed by atoms with E-state index in [2.05, 4.69) is 38.7 Å². The third-order valence-corrected chi connectivity index (χ3v) is 2.26. The molecule has 1 aromatic carbocycles. The van der Waals surface area contributed by atoms with Crippen LogP contribution in [0, 0.1) is 5.82 Å². The first-order valence-electron chi connectivity index (χ1n) is 4.06. The summed E-state index contributed by atoms with van der Waals surface area (Å²) in [6, 6.07) is 4.63. The first kappa shape index (κ1) is 12.1. The summed E-state index contributed by atoms with van der Waals surface area (Å²) < 4.78 is 13.0. The zero-order valence-corrected chi connectivity index (χ0v) is 10.1. The first-order valence-corrected chi connectivity index (χ1v) is 5.58. The summed E-state index contributed by atoms with van der Waals surface area (Å²) in [6.07, 6.45) is 1.45. The maximum absolute atomic E-state index is 13.0. The van der Waals surface area contributed by atoms with E-state index in [1.807, 2.05) is 6.07 Å². The fourth-order valence-corrected chi connectivity index (χ4v) is 1.37. The lowest BCUT2D eigenvalue weighted by Crippen LogP contribution is -2.24. The molecule has 0 aromatic heterocycles. The summed E-state index contributed by atoms with van der Waals surface area (Å²) in [5, 5.41) is 4.40. The molecule has 0 amide bonds. The lowest BCUT2D eigenvalue weighted by Gasteiger charge is -1.99. The van der Waals surface area contributed by atoms with Crippen molar-refractivity contribution in [2.75, 3.05) is 0 Å². The molecule has 1 rings (SSSR count). The molecule has 0 spiro atoms. The number of hydrogen-bond acceptors (Lipinski definition) is 2. The van der Waals surface area contributed by atoms with Gasteiger partial charge >= 0.3 is 0 Å². The smallest absolute Gasteiger partial charge is 0.184 e. The molecule has 1 aromatic rings. The van der Waals surface area contributed by atoms with Gasteiger partial charge in [-0.25, -0.2) is 4.39 Å². The second-order valence-corrected chi connectivity index (χ2v) is 3.76. The van der Waals surface area contributed by atoms with Crippen molar-refractivity contribution in [3.8, 4) is 0 Å². The Morgan fingerprint density at radius 1 is 1.60 bits per heavy atom. The molecular weight excluding hydrogens is 281 g/mol. The highest BCUT2D eigenvalue weighted by Gasteiger charge is 1.97. The minimum atomic E-state index is -0.302. The second-order valence-electron chi connectivity index (χ2n) is 2.76. The minimum absolute atomic E-state index is 0.0726. The van der Waals surface area contributed by atoms with Gasteiger partial charge in [-0.3, -0.25) is 5.43 Å². The van der Waals surface area contributed by atoms with Crippen molar-refractivity contribution in [1.82, 2.24) is 5.43 Å². The molecular formula is C9H9BrFN3S. The molecule has 0 bridgehead atoms. The van der Waals surface area contributed by atoms with Gasteiger partial charge in [0.15, 0.2) is 5.11 Å². The Morgan fingerprint density at radius 2 is 2.33 bits per heavy atom. The largest absolute Gasteiger partial charge is 0.375 e. The second kappa shape index (κ2) is 5.77. The maximum atomic E-state index is 13.0. The lowest BCUT2D eigenvalue weighted by molar-refractivity contribution is 0.626. The number of rotatable bonds is 3. The Morgan fingerprint density at radius 3 is 2.93 bits per heavy atom. The minimum Gasteiger partial charge on any atom is -0.375 e. The van der Waals surface area contributed by atoms with Crippen LogP contribution < -0.4 is 11.2 Å². The van der Waals surface area contributed by atoms with Crippen molar-refractivity contribution < 1.29 is 4.39 Å². The third-order valence-electron chi connectivity index (χ3n) is 1.52. The molecule has 0 aliphatic heterocycles. The van der Waals surface area contributed by atoms with Crippen LogP contribution in [0.2, 0.25) is 0 Å². The molecule has 3 N–H and O–H groups in total. The Hall–Kier alpha value is -1.01. The van der Waals surface area contributed by atoms with E-state index in [1.54, 1.807) is 0 Å². The predicted octanol–water partition coefficient (Wildman–Crippen LogP) is 1.89. The van der Waals surface area contributed by atoms with Crippen LogP contribution in [-0.4, -0.2) is 11.3 Å². The van der Waals surface area contributed by atoms with E-state index < -0.39 is 0 Å². The van der Waals surface area contributed by atoms with Gasteiger partial charge in [-0.2, -0.15) is 5.10 Å². The van der Waals surface area contributed by atoms with Crippen molar-refractivity contribution in [3.05, 3.63) is 35.1 Å². The molecule has 0 heterocycles. The molecule has 0 saturated heterocycles. The van der Waals surface area contributed by atoms with E-state index in [0.29, 0.717) is 10.9 Å². The van der Waals surface area contributed by atoms with Gasteiger partial charge in [0.25, 0.3) is 0 Å². The highest BCUT2D eigenvalue weighted by atomic mass is 79.9. The lowest BCUT2D eigenvalue weighted by atomic mass is 10.1.